The standard InChI is InChI=1S/C16H20N4OS2/c1-5-13-17-9(2)14(23-13)10(3)20(4)8-12-18-11-6-7-22-15(11)16(21)19-12/h6-7,10H,5,8H2,1-4H3,(H,18,19,21). The first-order chi connectivity index (χ1) is 11.0. The molecule has 3 aromatic heterocycles. The number of hydrogen-bond acceptors (Lipinski definition) is 6. The Hall–Kier alpha value is -1.57. The summed E-state index contributed by atoms with van der Waals surface area (Å²) in [6, 6.07) is 2.12. The van der Waals surface area contributed by atoms with Crippen LogP contribution in [0, 0.1) is 6.92 Å². The van der Waals surface area contributed by atoms with E-state index in [1.807, 2.05) is 18.5 Å². The number of thiophene rings is 1. The number of nitrogens with one attached hydrogen (secondary N) is 1. The zero-order valence-electron chi connectivity index (χ0n) is 13.7. The van der Waals surface area contributed by atoms with E-state index in [1.165, 1.54) is 21.2 Å². The quantitative estimate of drug-likeness (QED) is 0.766. The van der Waals surface area contributed by atoms with Crippen molar-refractivity contribution in [3.05, 3.63) is 43.2 Å². The Morgan fingerprint density at radius 3 is 2.87 bits per heavy atom. The second-order valence-electron chi connectivity index (χ2n) is 5.65. The summed E-state index contributed by atoms with van der Waals surface area (Å²) in [5.41, 5.74) is 1.82. The Balaban J connectivity index is 1.82. The molecule has 1 unspecified atom stereocenters. The summed E-state index contributed by atoms with van der Waals surface area (Å²) in [7, 11) is 2.05. The zero-order valence-corrected chi connectivity index (χ0v) is 15.3. The first-order valence-corrected chi connectivity index (χ1v) is 9.32. The van der Waals surface area contributed by atoms with Gasteiger partial charge in [0.15, 0.2) is 0 Å². The fourth-order valence-electron chi connectivity index (χ4n) is 2.57. The van der Waals surface area contributed by atoms with Gasteiger partial charge in [0, 0.05) is 10.9 Å². The first-order valence-electron chi connectivity index (χ1n) is 7.62. The number of rotatable bonds is 5. The van der Waals surface area contributed by atoms with E-state index < -0.39 is 0 Å². The van der Waals surface area contributed by atoms with Crippen molar-refractivity contribution in [3.8, 4) is 0 Å². The van der Waals surface area contributed by atoms with Crippen LogP contribution in [-0.4, -0.2) is 26.9 Å². The molecule has 0 fully saturated rings. The Morgan fingerprint density at radius 1 is 1.39 bits per heavy atom. The van der Waals surface area contributed by atoms with Crippen LogP contribution in [0.1, 0.15) is 41.3 Å². The third-order valence-electron chi connectivity index (χ3n) is 3.98. The summed E-state index contributed by atoms with van der Waals surface area (Å²) in [6.45, 7) is 6.95. The van der Waals surface area contributed by atoms with Crippen LogP contribution in [0.25, 0.3) is 10.2 Å². The van der Waals surface area contributed by atoms with Gasteiger partial charge in [0.1, 0.15) is 10.5 Å². The summed E-state index contributed by atoms with van der Waals surface area (Å²) in [4.78, 5) is 27.6. The second-order valence-corrected chi connectivity index (χ2v) is 7.68. The highest BCUT2D eigenvalue weighted by Crippen LogP contribution is 2.29. The van der Waals surface area contributed by atoms with Gasteiger partial charge in [-0.15, -0.1) is 22.7 Å². The molecule has 0 radical (unpaired) electrons. The van der Waals surface area contributed by atoms with Crippen LogP contribution >= 0.6 is 22.7 Å². The van der Waals surface area contributed by atoms with Gasteiger partial charge in [0.25, 0.3) is 5.56 Å². The van der Waals surface area contributed by atoms with E-state index in [9.17, 15) is 4.79 Å². The SMILES string of the molecule is CCc1nc(C)c(C(C)N(C)Cc2nc3ccsc3c(=O)[nH]2)s1. The normalized spacial score (nSPS) is 13.1. The molecule has 0 aromatic carbocycles. The molecule has 5 nitrogen and oxygen atoms in total. The van der Waals surface area contributed by atoms with E-state index in [4.69, 9.17) is 0 Å². The molecule has 0 bridgehead atoms. The molecule has 0 aliphatic carbocycles. The van der Waals surface area contributed by atoms with Gasteiger partial charge in [-0.05, 0) is 38.8 Å². The molecule has 0 saturated carbocycles. The van der Waals surface area contributed by atoms with Crippen molar-refractivity contribution in [2.45, 2.75) is 39.8 Å². The molecule has 0 aliphatic heterocycles. The molecule has 1 atom stereocenters. The molecule has 0 amide bonds. The first kappa shape index (κ1) is 16.3. The van der Waals surface area contributed by atoms with Crippen molar-refractivity contribution in [1.29, 1.82) is 0 Å². The molecule has 0 saturated heterocycles. The Labute approximate surface area is 143 Å². The number of aryl methyl sites for hydroxylation is 2. The molecule has 122 valence electrons. The van der Waals surface area contributed by atoms with E-state index in [0.29, 0.717) is 17.1 Å². The molecule has 1 N–H and O–H groups in total. The smallest absolute Gasteiger partial charge is 0.268 e. The van der Waals surface area contributed by atoms with Crippen LogP contribution in [0.2, 0.25) is 0 Å². The summed E-state index contributed by atoms with van der Waals surface area (Å²) < 4.78 is 0.690. The predicted molar refractivity (Wildman–Crippen MR) is 96.4 cm³/mol. The van der Waals surface area contributed by atoms with Crippen molar-refractivity contribution >= 4 is 32.9 Å². The summed E-state index contributed by atoms with van der Waals surface area (Å²) >= 11 is 3.20. The lowest BCUT2D eigenvalue weighted by molar-refractivity contribution is 0.249. The minimum atomic E-state index is -0.0525. The van der Waals surface area contributed by atoms with Gasteiger partial charge in [-0.1, -0.05) is 6.92 Å². The third kappa shape index (κ3) is 3.22. The Kier molecular flexibility index (Phi) is 4.61. The molecule has 3 aromatic rings. The number of aromatic amines is 1. The van der Waals surface area contributed by atoms with Crippen molar-refractivity contribution in [2.24, 2.45) is 0 Å². The lowest BCUT2D eigenvalue weighted by Gasteiger charge is -2.23. The van der Waals surface area contributed by atoms with Crippen LogP contribution in [0.15, 0.2) is 16.2 Å². The minimum absolute atomic E-state index is 0.0525. The van der Waals surface area contributed by atoms with Gasteiger partial charge in [0.05, 0.1) is 22.8 Å². The topological polar surface area (TPSA) is 61.9 Å². The van der Waals surface area contributed by atoms with Gasteiger partial charge in [-0.3, -0.25) is 9.69 Å². The zero-order chi connectivity index (χ0) is 16.6. The number of fused-ring (bicyclic) bond motifs is 1. The maximum atomic E-state index is 12.1. The van der Waals surface area contributed by atoms with Crippen molar-refractivity contribution in [2.75, 3.05) is 7.05 Å². The molecular weight excluding hydrogens is 328 g/mol. The second kappa shape index (κ2) is 6.51. The van der Waals surface area contributed by atoms with Crippen LogP contribution in [0.5, 0.6) is 0 Å². The highest BCUT2D eigenvalue weighted by Gasteiger charge is 2.19. The molecule has 3 heterocycles. The van der Waals surface area contributed by atoms with Crippen molar-refractivity contribution in [3.63, 3.8) is 0 Å². The van der Waals surface area contributed by atoms with Crippen LogP contribution in [0.3, 0.4) is 0 Å². The van der Waals surface area contributed by atoms with Crippen LogP contribution < -0.4 is 5.56 Å². The fourth-order valence-corrected chi connectivity index (χ4v) is 4.42. The minimum Gasteiger partial charge on any atom is -0.308 e. The average molecular weight is 348 g/mol. The van der Waals surface area contributed by atoms with Crippen LogP contribution in [-0.2, 0) is 13.0 Å². The van der Waals surface area contributed by atoms with E-state index >= 15 is 0 Å². The van der Waals surface area contributed by atoms with Crippen molar-refractivity contribution in [1.82, 2.24) is 19.9 Å². The van der Waals surface area contributed by atoms with Gasteiger partial charge < -0.3 is 4.98 Å². The van der Waals surface area contributed by atoms with Gasteiger partial charge in [-0.25, -0.2) is 9.97 Å². The molecule has 0 spiro atoms. The predicted octanol–water partition coefficient (Wildman–Crippen LogP) is 3.50. The molecule has 23 heavy (non-hydrogen) atoms. The number of hydrogen-bond donors (Lipinski definition) is 1. The number of nitrogens with zero attached hydrogens (tertiary/aromatic N) is 3. The molecular formula is C16H20N4OS2. The maximum Gasteiger partial charge on any atom is 0.268 e. The highest BCUT2D eigenvalue weighted by atomic mass is 32.1. The number of H-pyrrole nitrogens is 1. The van der Waals surface area contributed by atoms with E-state index in [2.05, 4.69) is 40.6 Å². The highest BCUT2D eigenvalue weighted by molar-refractivity contribution is 7.17. The van der Waals surface area contributed by atoms with Crippen LogP contribution in [0.4, 0.5) is 0 Å². The summed E-state index contributed by atoms with van der Waals surface area (Å²) in [5.74, 6) is 0.702. The monoisotopic (exact) mass is 348 g/mol. The Bertz CT molecular complexity index is 880. The number of aromatic nitrogens is 3. The van der Waals surface area contributed by atoms with E-state index in [0.717, 1.165) is 17.6 Å². The van der Waals surface area contributed by atoms with E-state index in [1.54, 1.807) is 11.3 Å². The van der Waals surface area contributed by atoms with Gasteiger partial charge >= 0.3 is 0 Å². The number of thiazole rings is 1. The largest absolute Gasteiger partial charge is 0.308 e. The average Bonchev–Trinajstić information content (AvgIpc) is 3.12. The summed E-state index contributed by atoms with van der Waals surface area (Å²) in [6.07, 6.45) is 0.964. The summed E-state index contributed by atoms with van der Waals surface area (Å²) in [5, 5.41) is 3.07. The Morgan fingerprint density at radius 2 is 2.17 bits per heavy atom. The van der Waals surface area contributed by atoms with E-state index in [-0.39, 0.29) is 11.6 Å². The lowest BCUT2D eigenvalue weighted by atomic mass is 10.2. The molecule has 0 aliphatic rings. The lowest BCUT2D eigenvalue weighted by Crippen LogP contribution is -2.24. The third-order valence-corrected chi connectivity index (χ3v) is 6.36. The van der Waals surface area contributed by atoms with Crippen molar-refractivity contribution < 1.29 is 0 Å². The molecule has 7 heteroatoms. The van der Waals surface area contributed by atoms with Gasteiger partial charge in [0.2, 0.25) is 0 Å². The molecule has 3 rings (SSSR count). The van der Waals surface area contributed by atoms with Gasteiger partial charge in [-0.2, -0.15) is 0 Å². The fraction of sp³-hybridized carbons (Fsp3) is 0.438. The maximum absolute atomic E-state index is 12.1.